The molecule has 0 saturated heterocycles. The molecule has 0 unspecified atom stereocenters. The van der Waals surface area contributed by atoms with E-state index in [1.807, 2.05) is 6.92 Å². The van der Waals surface area contributed by atoms with Gasteiger partial charge < -0.3 is 9.84 Å². The fourth-order valence-electron chi connectivity index (χ4n) is 0.991. The second kappa shape index (κ2) is 4.90. The van der Waals surface area contributed by atoms with Crippen LogP contribution in [0.1, 0.15) is 12.6 Å². The van der Waals surface area contributed by atoms with Gasteiger partial charge in [-0.3, -0.25) is 4.68 Å². The van der Waals surface area contributed by atoms with E-state index in [1.54, 1.807) is 16.9 Å². The topological polar surface area (TPSA) is 47.3 Å². The second-order valence-electron chi connectivity index (χ2n) is 2.40. The van der Waals surface area contributed by atoms with Crippen LogP contribution in [-0.4, -0.2) is 28.1 Å². The molecule has 1 N–H and O–H groups in total. The summed E-state index contributed by atoms with van der Waals surface area (Å²) in [5.41, 5.74) is 0.828. The molecular weight excluding hydrogens is 156 g/mol. The van der Waals surface area contributed by atoms with Crippen molar-refractivity contribution < 1.29 is 9.84 Å². The number of aliphatic hydroxyl groups is 1. The van der Waals surface area contributed by atoms with Crippen molar-refractivity contribution in [2.24, 2.45) is 0 Å². The molecule has 0 atom stereocenters. The van der Waals surface area contributed by atoms with Gasteiger partial charge in [0.25, 0.3) is 0 Å². The highest BCUT2D eigenvalue weighted by atomic mass is 16.5. The molecule has 1 aromatic heterocycles. The predicted octanol–water partition coefficient (Wildman–Crippen LogP) is 0.412. The van der Waals surface area contributed by atoms with Gasteiger partial charge in [-0.05, 0) is 13.0 Å². The summed E-state index contributed by atoms with van der Waals surface area (Å²) in [5.74, 6) is 0. The molecule has 4 heteroatoms. The molecule has 12 heavy (non-hydrogen) atoms. The number of nitrogens with zero attached hydrogens (tertiary/aromatic N) is 2. The zero-order valence-corrected chi connectivity index (χ0v) is 7.23. The molecule has 0 amide bonds. The molecule has 0 aliphatic carbocycles. The number of aliphatic hydroxyl groups excluding tert-OH is 1. The Hall–Kier alpha value is -0.870. The van der Waals surface area contributed by atoms with Crippen molar-refractivity contribution in [1.82, 2.24) is 9.78 Å². The largest absolute Gasteiger partial charge is 0.390 e. The molecule has 0 aliphatic heterocycles. The van der Waals surface area contributed by atoms with E-state index in [4.69, 9.17) is 9.84 Å². The fraction of sp³-hybridized carbons (Fsp3) is 0.625. The summed E-state index contributed by atoms with van der Waals surface area (Å²) in [5, 5.41) is 12.9. The lowest BCUT2D eigenvalue weighted by Gasteiger charge is -2.04. The number of hydrogen-bond donors (Lipinski definition) is 1. The van der Waals surface area contributed by atoms with Gasteiger partial charge in [-0.2, -0.15) is 5.10 Å². The molecule has 0 radical (unpaired) electrons. The Bertz CT molecular complexity index is 223. The molecule has 0 bridgehead atoms. The monoisotopic (exact) mass is 170 g/mol. The highest BCUT2D eigenvalue weighted by molar-refractivity contribution is 4.97. The van der Waals surface area contributed by atoms with E-state index in [9.17, 15) is 0 Å². The molecule has 0 aromatic carbocycles. The van der Waals surface area contributed by atoms with E-state index in [2.05, 4.69) is 5.10 Å². The number of hydrogen-bond acceptors (Lipinski definition) is 3. The van der Waals surface area contributed by atoms with Crippen molar-refractivity contribution >= 4 is 0 Å². The summed E-state index contributed by atoms with van der Waals surface area (Å²) >= 11 is 0. The minimum absolute atomic E-state index is 0.0339. The van der Waals surface area contributed by atoms with Crippen LogP contribution >= 0.6 is 0 Å². The summed E-state index contributed by atoms with van der Waals surface area (Å²) in [4.78, 5) is 0. The molecule has 1 aromatic rings. The molecule has 0 spiro atoms. The predicted molar refractivity (Wildman–Crippen MR) is 44.6 cm³/mol. The minimum Gasteiger partial charge on any atom is -0.390 e. The summed E-state index contributed by atoms with van der Waals surface area (Å²) in [6.45, 7) is 4.06. The van der Waals surface area contributed by atoms with Gasteiger partial charge in [-0.15, -0.1) is 0 Å². The van der Waals surface area contributed by atoms with Gasteiger partial charge in [-0.1, -0.05) is 0 Å². The average molecular weight is 170 g/mol. The van der Waals surface area contributed by atoms with Gasteiger partial charge >= 0.3 is 0 Å². The maximum Gasteiger partial charge on any atom is 0.0849 e. The first-order chi connectivity index (χ1) is 5.88. The van der Waals surface area contributed by atoms with Crippen LogP contribution in [0.25, 0.3) is 0 Å². The summed E-state index contributed by atoms with van der Waals surface area (Å²) in [6, 6.07) is 1.80. The van der Waals surface area contributed by atoms with Crippen LogP contribution < -0.4 is 0 Å². The van der Waals surface area contributed by atoms with E-state index in [1.165, 1.54) is 0 Å². The Morgan fingerprint density at radius 1 is 1.67 bits per heavy atom. The summed E-state index contributed by atoms with van der Waals surface area (Å²) in [7, 11) is 0. The molecule has 0 fully saturated rings. The van der Waals surface area contributed by atoms with Crippen LogP contribution in [0.2, 0.25) is 0 Å². The molecule has 68 valence electrons. The Balaban J connectivity index is 2.39. The molecule has 0 saturated carbocycles. The van der Waals surface area contributed by atoms with Crippen LogP contribution in [-0.2, 0) is 17.9 Å². The van der Waals surface area contributed by atoms with Crippen molar-refractivity contribution in [2.45, 2.75) is 20.1 Å². The van der Waals surface area contributed by atoms with E-state index in [0.717, 1.165) is 12.3 Å². The second-order valence-corrected chi connectivity index (χ2v) is 2.40. The first kappa shape index (κ1) is 9.22. The van der Waals surface area contributed by atoms with E-state index in [0.29, 0.717) is 13.2 Å². The highest BCUT2D eigenvalue weighted by Gasteiger charge is 1.98. The maximum atomic E-state index is 8.86. The third kappa shape index (κ3) is 2.32. The smallest absolute Gasteiger partial charge is 0.0849 e. The lowest BCUT2D eigenvalue weighted by atomic mass is 10.4. The Morgan fingerprint density at radius 2 is 2.50 bits per heavy atom. The Morgan fingerprint density at radius 3 is 3.17 bits per heavy atom. The van der Waals surface area contributed by atoms with Gasteiger partial charge in [0, 0.05) is 12.8 Å². The molecule has 0 aliphatic rings. The average Bonchev–Trinajstić information content (AvgIpc) is 2.52. The van der Waals surface area contributed by atoms with Crippen LogP contribution in [0.15, 0.2) is 12.3 Å². The van der Waals surface area contributed by atoms with Crippen LogP contribution in [0.4, 0.5) is 0 Å². The van der Waals surface area contributed by atoms with Crippen molar-refractivity contribution in [3.63, 3.8) is 0 Å². The van der Waals surface area contributed by atoms with Crippen LogP contribution in [0.3, 0.4) is 0 Å². The van der Waals surface area contributed by atoms with Crippen LogP contribution in [0, 0.1) is 0 Å². The van der Waals surface area contributed by atoms with E-state index >= 15 is 0 Å². The maximum absolute atomic E-state index is 8.86. The number of ether oxygens (including phenoxy) is 1. The number of rotatable bonds is 5. The summed E-state index contributed by atoms with van der Waals surface area (Å²) in [6.07, 6.45) is 1.68. The lowest BCUT2D eigenvalue weighted by molar-refractivity contribution is 0.134. The first-order valence-electron chi connectivity index (χ1n) is 4.07. The Labute approximate surface area is 71.8 Å². The van der Waals surface area contributed by atoms with Gasteiger partial charge in [0.2, 0.25) is 0 Å². The highest BCUT2D eigenvalue weighted by Crippen LogP contribution is 1.97. The van der Waals surface area contributed by atoms with Crippen molar-refractivity contribution in [3.05, 3.63) is 18.0 Å². The molecule has 1 rings (SSSR count). The van der Waals surface area contributed by atoms with Crippen LogP contribution in [0.5, 0.6) is 0 Å². The molecular formula is C8H14N2O2. The first-order valence-corrected chi connectivity index (χ1v) is 4.07. The SMILES string of the molecule is CCOCCn1nccc1CO. The van der Waals surface area contributed by atoms with Crippen molar-refractivity contribution in [2.75, 3.05) is 13.2 Å². The molecule has 1 heterocycles. The zero-order chi connectivity index (χ0) is 8.81. The lowest BCUT2D eigenvalue weighted by Crippen LogP contribution is -2.10. The van der Waals surface area contributed by atoms with Gasteiger partial charge in [0.05, 0.1) is 25.5 Å². The van der Waals surface area contributed by atoms with Gasteiger partial charge in [0.15, 0.2) is 0 Å². The minimum atomic E-state index is 0.0339. The number of aromatic nitrogens is 2. The van der Waals surface area contributed by atoms with Crippen molar-refractivity contribution in [1.29, 1.82) is 0 Å². The summed E-state index contributed by atoms with van der Waals surface area (Å²) < 4.78 is 6.91. The standard InChI is InChI=1S/C8H14N2O2/c1-2-12-6-5-10-8(7-11)3-4-9-10/h3-4,11H,2,5-7H2,1H3. The third-order valence-electron chi connectivity index (χ3n) is 1.62. The molecule has 4 nitrogen and oxygen atoms in total. The quantitative estimate of drug-likeness (QED) is 0.651. The van der Waals surface area contributed by atoms with E-state index in [-0.39, 0.29) is 6.61 Å². The van der Waals surface area contributed by atoms with Crippen molar-refractivity contribution in [3.8, 4) is 0 Å². The van der Waals surface area contributed by atoms with Gasteiger partial charge in [-0.25, -0.2) is 0 Å². The Kier molecular flexibility index (Phi) is 3.76. The third-order valence-corrected chi connectivity index (χ3v) is 1.62. The van der Waals surface area contributed by atoms with Gasteiger partial charge in [0.1, 0.15) is 0 Å². The zero-order valence-electron chi connectivity index (χ0n) is 7.23. The van der Waals surface area contributed by atoms with E-state index < -0.39 is 0 Å². The normalized spacial score (nSPS) is 10.5. The fourth-order valence-corrected chi connectivity index (χ4v) is 0.991.